The van der Waals surface area contributed by atoms with Crippen molar-refractivity contribution in [2.24, 2.45) is 5.10 Å². The highest BCUT2D eigenvalue weighted by molar-refractivity contribution is 6.36. The molecule has 0 saturated carbocycles. The summed E-state index contributed by atoms with van der Waals surface area (Å²) < 4.78 is 5.43. The molecule has 0 aliphatic carbocycles. The van der Waals surface area contributed by atoms with Gasteiger partial charge in [-0.3, -0.25) is 0 Å². The minimum Gasteiger partial charge on any atom is -0.378 e. The number of aromatic nitrogens is 3. The van der Waals surface area contributed by atoms with E-state index in [2.05, 4.69) is 35.7 Å². The monoisotopic (exact) mass is 457 g/mol. The van der Waals surface area contributed by atoms with E-state index in [1.165, 1.54) is 5.56 Å². The van der Waals surface area contributed by atoms with Crippen LogP contribution in [0.1, 0.15) is 11.1 Å². The van der Waals surface area contributed by atoms with E-state index in [4.69, 9.17) is 27.9 Å². The molecule has 2 aromatic carbocycles. The van der Waals surface area contributed by atoms with Crippen molar-refractivity contribution in [1.29, 1.82) is 0 Å². The van der Waals surface area contributed by atoms with Crippen molar-refractivity contribution in [3.63, 3.8) is 0 Å². The van der Waals surface area contributed by atoms with Crippen molar-refractivity contribution >= 4 is 52.9 Å². The number of halogens is 2. The molecule has 1 fully saturated rings. The number of nitrogens with zero attached hydrogens (tertiary/aromatic N) is 5. The van der Waals surface area contributed by atoms with E-state index in [1.807, 2.05) is 31.2 Å². The summed E-state index contributed by atoms with van der Waals surface area (Å²) >= 11 is 12.1. The fourth-order valence-corrected chi connectivity index (χ4v) is 3.36. The van der Waals surface area contributed by atoms with Gasteiger partial charge in [-0.05, 0) is 31.2 Å². The maximum absolute atomic E-state index is 6.19. The van der Waals surface area contributed by atoms with Crippen LogP contribution in [0.15, 0.2) is 47.6 Å². The van der Waals surface area contributed by atoms with Gasteiger partial charge in [-0.1, -0.05) is 47.0 Å². The zero-order valence-electron chi connectivity index (χ0n) is 16.8. The molecule has 2 heterocycles. The van der Waals surface area contributed by atoms with Gasteiger partial charge in [-0.2, -0.15) is 20.1 Å². The van der Waals surface area contributed by atoms with Crippen molar-refractivity contribution in [2.45, 2.75) is 6.92 Å². The molecule has 0 spiro atoms. The lowest BCUT2D eigenvalue weighted by Gasteiger charge is -2.27. The Morgan fingerprint density at radius 2 is 1.74 bits per heavy atom. The Kier molecular flexibility index (Phi) is 6.81. The second-order valence-electron chi connectivity index (χ2n) is 6.91. The van der Waals surface area contributed by atoms with Crippen LogP contribution in [-0.2, 0) is 4.74 Å². The van der Waals surface area contributed by atoms with Crippen LogP contribution >= 0.6 is 23.2 Å². The smallest absolute Gasteiger partial charge is 0.250 e. The molecule has 2 N–H and O–H groups in total. The minimum absolute atomic E-state index is 0.312. The summed E-state index contributed by atoms with van der Waals surface area (Å²) in [5.74, 6) is 1.28. The van der Waals surface area contributed by atoms with E-state index in [0.717, 1.165) is 11.3 Å². The van der Waals surface area contributed by atoms with Gasteiger partial charge in [0.15, 0.2) is 0 Å². The Bertz CT molecular complexity index is 1070. The average molecular weight is 458 g/mol. The maximum atomic E-state index is 6.19. The first-order valence-corrected chi connectivity index (χ1v) is 10.5. The van der Waals surface area contributed by atoms with Crippen molar-refractivity contribution < 1.29 is 4.74 Å². The fourth-order valence-electron chi connectivity index (χ4n) is 2.91. The van der Waals surface area contributed by atoms with Gasteiger partial charge >= 0.3 is 0 Å². The summed E-state index contributed by atoms with van der Waals surface area (Å²) in [6.07, 6.45) is 1.59. The number of hydrazone groups is 1. The van der Waals surface area contributed by atoms with Crippen LogP contribution in [0.25, 0.3) is 0 Å². The first kappa shape index (κ1) is 21.3. The fraction of sp³-hybridized carbons (Fsp3) is 0.238. The Morgan fingerprint density at radius 3 is 2.48 bits per heavy atom. The van der Waals surface area contributed by atoms with Gasteiger partial charge < -0.3 is 15.0 Å². The number of anilines is 4. The Labute approximate surface area is 190 Å². The van der Waals surface area contributed by atoms with E-state index in [-0.39, 0.29) is 0 Å². The number of hydrogen-bond donors (Lipinski definition) is 2. The molecule has 10 heteroatoms. The molecule has 0 radical (unpaired) electrons. The Balaban J connectivity index is 1.57. The van der Waals surface area contributed by atoms with Gasteiger partial charge in [0.05, 0.1) is 24.5 Å². The molecule has 0 bridgehead atoms. The van der Waals surface area contributed by atoms with Gasteiger partial charge in [-0.15, -0.1) is 0 Å². The lowest BCUT2D eigenvalue weighted by molar-refractivity contribution is 0.122. The third kappa shape index (κ3) is 5.81. The van der Waals surface area contributed by atoms with Gasteiger partial charge in [0.2, 0.25) is 17.8 Å². The number of hydrogen-bond acceptors (Lipinski definition) is 8. The summed E-state index contributed by atoms with van der Waals surface area (Å²) in [4.78, 5) is 15.6. The van der Waals surface area contributed by atoms with Crippen LogP contribution < -0.4 is 15.6 Å². The molecule has 31 heavy (non-hydrogen) atoms. The van der Waals surface area contributed by atoms with Gasteiger partial charge in [0, 0.05) is 29.4 Å². The maximum Gasteiger partial charge on any atom is 0.250 e. The third-order valence-electron chi connectivity index (χ3n) is 4.56. The molecule has 0 unspecified atom stereocenters. The number of aryl methyl sites for hydroxylation is 1. The number of benzene rings is 2. The van der Waals surface area contributed by atoms with Crippen molar-refractivity contribution in [1.82, 2.24) is 15.0 Å². The molecule has 1 aromatic heterocycles. The SMILES string of the molecule is Cc1ccc(Nc2nc(N/N=C/c3ccc(Cl)cc3Cl)nc(N3CCOCC3)n2)cc1. The predicted molar refractivity (Wildman–Crippen MR) is 125 cm³/mol. The van der Waals surface area contributed by atoms with Crippen LogP contribution in [0.2, 0.25) is 10.0 Å². The average Bonchev–Trinajstić information content (AvgIpc) is 2.77. The predicted octanol–water partition coefficient (Wildman–Crippen LogP) is 4.51. The molecule has 3 aromatic rings. The molecule has 0 amide bonds. The molecular formula is C21H21Cl2N7O. The van der Waals surface area contributed by atoms with Crippen LogP contribution in [0, 0.1) is 6.92 Å². The molecule has 1 saturated heterocycles. The highest BCUT2D eigenvalue weighted by Gasteiger charge is 2.16. The van der Waals surface area contributed by atoms with Crippen molar-refractivity contribution in [2.75, 3.05) is 41.9 Å². The van der Waals surface area contributed by atoms with E-state index in [9.17, 15) is 0 Å². The number of nitrogens with one attached hydrogen (secondary N) is 2. The zero-order chi connectivity index (χ0) is 21.6. The van der Waals surface area contributed by atoms with E-state index < -0.39 is 0 Å². The quantitative estimate of drug-likeness (QED) is 0.415. The van der Waals surface area contributed by atoms with Crippen LogP contribution in [0.4, 0.5) is 23.5 Å². The molecule has 0 atom stereocenters. The second-order valence-corrected chi connectivity index (χ2v) is 7.75. The Morgan fingerprint density at radius 1 is 1.00 bits per heavy atom. The van der Waals surface area contributed by atoms with Crippen LogP contribution in [0.3, 0.4) is 0 Å². The number of rotatable bonds is 6. The van der Waals surface area contributed by atoms with Gasteiger partial charge in [0.25, 0.3) is 0 Å². The summed E-state index contributed by atoms with van der Waals surface area (Å²) in [7, 11) is 0. The molecule has 160 valence electrons. The second kappa shape index (κ2) is 9.91. The van der Waals surface area contributed by atoms with Crippen molar-refractivity contribution in [3.8, 4) is 0 Å². The standard InChI is InChI=1S/C21H21Cl2N7O/c1-14-2-6-17(7-3-14)25-19-26-20(28-21(27-19)30-8-10-31-11-9-30)29-24-13-15-4-5-16(22)12-18(15)23/h2-7,12-13H,8-11H2,1H3,(H2,25,26,27,28,29)/b24-13+. The van der Waals surface area contributed by atoms with Crippen molar-refractivity contribution in [3.05, 3.63) is 63.6 Å². The summed E-state index contributed by atoms with van der Waals surface area (Å²) in [6, 6.07) is 13.2. The highest BCUT2D eigenvalue weighted by Crippen LogP contribution is 2.21. The third-order valence-corrected chi connectivity index (χ3v) is 5.12. The molecule has 8 nitrogen and oxygen atoms in total. The molecular weight excluding hydrogens is 437 g/mol. The topological polar surface area (TPSA) is 87.6 Å². The number of morpholine rings is 1. The minimum atomic E-state index is 0.312. The molecule has 1 aliphatic rings. The first-order chi connectivity index (χ1) is 15.1. The summed E-state index contributed by atoms with van der Waals surface area (Å²) in [5.41, 5.74) is 5.64. The summed E-state index contributed by atoms with van der Waals surface area (Å²) in [6.45, 7) is 4.70. The zero-order valence-corrected chi connectivity index (χ0v) is 18.4. The lowest BCUT2D eigenvalue weighted by atomic mass is 10.2. The number of ether oxygens (including phenoxy) is 1. The molecule has 1 aliphatic heterocycles. The van der Waals surface area contributed by atoms with E-state index >= 15 is 0 Å². The largest absolute Gasteiger partial charge is 0.378 e. The summed E-state index contributed by atoms with van der Waals surface area (Å²) in [5, 5.41) is 8.52. The lowest BCUT2D eigenvalue weighted by Crippen LogP contribution is -2.37. The van der Waals surface area contributed by atoms with E-state index in [0.29, 0.717) is 54.2 Å². The first-order valence-electron chi connectivity index (χ1n) is 9.73. The normalized spacial score (nSPS) is 14.1. The Hall–Kier alpha value is -2.94. The highest BCUT2D eigenvalue weighted by atomic mass is 35.5. The van der Waals surface area contributed by atoms with E-state index in [1.54, 1.807) is 24.4 Å². The van der Waals surface area contributed by atoms with Crippen LogP contribution in [0.5, 0.6) is 0 Å². The molecule has 4 rings (SSSR count). The van der Waals surface area contributed by atoms with Crippen LogP contribution in [-0.4, -0.2) is 47.5 Å². The van der Waals surface area contributed by atoms with Gasteiger partial charge in [-0.25, -0.2) is 5.43 Å². The van der Waals surface area contributed by atoms with Gasteiger partial charge in [0.1, 0.15) is 0 Å².